The van der Waals surface area contributed by atoms with Crippen molar-refractivity contribution >= 4 is 23.6 Å². The number of thioether (sulfide) groups is 1. The highest BCUT2D eigenvalue weighted by atomic mass is 32.2. The van der Waals surface area contributed by atoms with Gasteiger partial charge in [0.1, 0.15) is 11.4 Å². The fourth-order valence-electron chi connectivity index (χ4n) is 2.68. The second-order valence-electron chi connectivity index (χ2n) is 5.73. The Labute approximate surface area is 137 Å². The van der Waals surface area contributed by atoms with Gasteiger partial charge in [0, 0.05) is 17.4 Å². The fourth-order valence-corrected chi connectivity index (χ4v) is 4.09. The van der Waals surface area contributed by atoms with Crippen LogP contribution in [-0.2, 0) is 4.79 Å². The number of carbonyl (C=O) groups is 2. The van der Waals surface area contributed by atoms with Crippen molar-refractivity contribution in [1.82, 2.24) is 10.2 Å². The summed E-state index contributed by atoms with van der Waals surface area (Å²) < 4.78 is 10.4. The number of nitrogens with one attached hydrogen (secondary N) is 1. The first kappa shape index (κ1) is 14.4. The van der Waals surface area contributed by atoms with Gasteiger partial charge >= 0.3 is 0 Å². The Bertz CT molecular complexity index is 694. The number of hydrogen-bond acceptors (Lipinski definition) is 5. The molecule has 1 saturated carbocycles. The van der Waals surface area contributed by atoms with Crippen LogP contribution in [0.25, 0.3) is 0 Å². The molecule has 2 fully saturated rings. The van der Waals surface area contributed by atoms with Crippen LogP contribution in [-0.4, -0.2) is 34.6 Å². The lowest BCUT2D eigenvalue weighted by molar-refractivity contribution is -0.125. The van der Waals surface area contributed by atoms with E-state index in [0.717, 1.165) is 18.4 Å². The third-order valence-corrected chi connectivity index (χ3v) is 5.34. The van der Waals surface area contributed by atoms with Gasteiger partial charge in [-0.05, 0) is 31.0 Å². The van der Waals surface area contributed by atoms with Gasteiger partial charge in [-0.2, -0.15) is 0 Å². The Balaban J connectivity index is 1.63. The number of amides is 2. The Morgan fingerprint density at radius 2 is 2.13 bits per heavy atom. The lowest BCUT2D eigenvalue weighted by Gasteiger charge is -2.27. The molecule has 0 spiro atoms. The Hall–Kier alpha value is -2.15. The molecule has 7 heteroatoms. The van der Waals surface area contributed by atoms with Crippen molar-refractivity contribution in [3.63, 3.8) is 0 Å². The van der Waals surface area contributed by atoms with Gasteiger partial charge in [-0.1, -0.05) is 0 Å². The third-order valence-electron chi connectivity index (χ3n) is 4.02. The number of nitrogens with zero attached hydrogens (tertiary/aromatic N) is 1. The molecule has 1 saturated heterocycles. The van der Waals surface area contributed by atoms with Crippen LogP contribution < -0.4 is 5.32 Å². The summed E-state index contributed by atoms with van der Waals surface area (Å²) in [6, 6.07) is 4.87. The molecule has 120 valence electrons. The van der Waals surface area contributed by atoms with E-state index in [1.54, 1.807) is 41.3 Å². The van der Waals surface area contributed by atoms with E-state index in [2.05, 4.69) is 5.32 Å². The highest BCUT2D eigenvalue weighted by Gasteiger charge is 2.44. The molecular formula is C16H16N2O4S. The Kier molecular flexibility index (Phi) is 3.65. The maximum absolute atomic E-state index is 12.8. The molecule has 1 aliphatic carbocycles. The normalized spacial score (nSPS) is 23.9. The van der Waals surface area contributed by atoms with E-state index in [0.29, 0.717) is 5.75 Å². The van der Waals surface area contributed by atoms with Crippen molar-refractivity contribution in [2.45, 2.75) is 30.3 Å². The fraction of sp³-hybridized carbons (Fsp3) is 0.375. The van der Waals surface area contributed by atoms with Crippen LogP contribution in [0.2, 0.25) is 0 Å². The first-order valence-corrected chi connectivity index (χ1v) is 8.59. The summed E-state index contributed by atoms with van der Waals surface area (Å²) in [5.74, 6) is 0.430. The predicted octanol–water partition coefficient (Wildman–Crippen LogP) is 2.41. The minimum atomic E-state index is -0.502. The van der Waals surface area contributed by atoms with E-state index < -0.39 is 6.04 Å². The van der Waals surface area contributed by atoms with Crippen molar-refractivity contribution in [2.75, 3.05) is 5.75 Å². The van der Waals surface area contributed by atoms with Crippen LogP contribution in [0.4, 0.5) is 0 Å². The molecular weight excluding hydrogens is 316 g/mol. The van der Waals surface area contributed by atoms with Gasteiger partial charge in [0.15, 0.2) is 5.76 Å². The van der Waals surface area contributed by atoms with Crippen LogP contribution >= 0.6 is 11.8 Å². The summed E-state index contributed by atoms with van der Waals surface area (Å²) in [4.78, 5) is 27.0. The zero-order valence-electron chi connectivity index (χ0n) is 12.3. The topological polar surface area (TPSA) is 75.7 Å². The van der Waals surface area contributed by atoms with Gasteiger partial charge in [-0.25, -0.2) is 0 Å². The molecule has 2 aromatic heterocycles. The van der Waals surface area contributed by atoms with E-state index in [-0.39, 0.29) is 29.0 Å². The third kappa shape index (κ3) is 2.76. The number of furan rings is 2. The molecule has 0 radical (unpaired) electrons. The van der Waals surface area contributed by atoms with Gasteiger partial charge in [-0.15, -0.1) is 11.8 Å². The quantitative estimate of drug-likeness (QED) is 0.930. The van der Waals surface area contributed by atoms with E-state index in [1.807, 2.05) is 6.07 Å². The minimum Gasteiger partial charge on any atom is -0.472 e. The van der Waals surface area contributed by atoms with E-state index in [9.17, 15) is 9.59 Å². The smallest absolute Gasteiger partial charge is 0.291 e. The summed E-state index contributed by atoms with van der Waals surface area (Å²) in [5.41, 5.74) is 0.872. The highest BCUT2D eigenvalue weighted by Crippen LogP contribution is 2.42. The lowest BCUT2D eigenvalue weighted by atomic mass is 10.2. The molecule has 0 aromatic carbocycles. The van der Waals surface area contributed by atoms with Crippen molar-refractivity contribution in [3.05, 3.63) is 48.3 Å². The van der Waals surface area contributed by atoms with Crippen molar-refractivity contribution in [3.8, 4) is 0 Å². The molecule has 2 aromatic rings. The number of hydrogen-bond donors (Lipinski definition) is 1. The molecule has 2 aliphatic rings. The second kappa shape index (κ2) is 5.81. The zero-order valence-corrected chi connectivity index (χ0v) is 13.1. The average molecular weight is 332 g/mol. The Morgan fingerprint density at radius 3 is 2.78 bits per heavy atom. The maximum Gasteiger partial charge on any atom is 0.291 e. The average Bonchev–Trinajstić information content (AvgIpc) is 3.07. The maximum atomic E-state index is 12.8. The molecule has 6 nitrogen and oxygen atoms in total. The summed E-state index contributed by atoms with van der Waals surface area (Å²) in [5, 5.41) is 2.74. The van der Waals surface area contributed by atoms with E-state index in [4.69, 9.17) is 8.83 Å². The van der Waals surface area contributed by atoms with Gasteiger partial charge < -0.3 is 19.1 Å². The van der Waals surface area contributed by atoms with Crippen LogP contribution in [0, 0.1) is 0 Å². The molecule has 2 unspecified atom stereocenters. The molecule has 23 heavy (non-hydrogen) atoms. The number of rotatable bonds is 4. The zero-order chi connectivity index (χ0) is 15.8. The first-order valence-electron chi connectivity index (χ1n) is 7.54. The summed E-state index contributed by atoms with van der Waals surface area (Å²) in [6.07, 6.45) is 6.68. The monoisotopic (exact) mass is 332 g/mol. The van der Waals surface area contributed by atoms with Gasteiger partial charge in [0.2, 0.25) is 5.91 Å². The highest BCUT2D eigenvalue weighted by molar-refractivity contribution is 7.99. The van der Waals surface area contributed by atoms with Gasteiger partial charge in [0.25, 0.3) is 5.91 Å². The molecule has 1 aliphatic heterocycles. The molecule has 1 N–H and O–H groups in total. The van der Waals surface area contributed by atoms with Crippen LogP contribution in [0.1, 0.15) is 34.3 Å². The van der Waals surface area contributed by atoms with Gasteiger partial charge in [0.05, 0.1) is 18.8 Å². The Morgan fingerprint density at radius 1 is 1.26 bits per heavy atom. The van der Waals surface area contributed by atoms with E-state index >= 15 is 0 Å². The molecule has 2 amide bonds. The van der Waals surface area contributed by atoms with Crippen molar-refractivity contribution < 1.29 is 18.4 Å². The summed E-state index contributed by atoms with van der Waals surface area (Å²) >= 11 is 1.56. The predicted molar refractivity (Wildman–Crippen MR) is 83.7 cm³/mol. The van der Waals surface area contributed by atoms with Crippen LogP contribution in [0.3, 0.4) is 0 Å². The lowest BCUT2D eigenvalue weighted by Crippen LogP contribution is -2.48. The first-order chi connectivity index (χ1) is 11.2. The number of carbonyl (C=O) groups excluding carboxylic acids is 2. The van der Waals surface area contributed by atoms with Crippen LogP contribution in [0.5, 0.6) is 0 Å². The molecule has 4 rings (SSSR count). The standard InChI is InChI=1S/C16H16N2O4S/c19-14(17-11-3-4-11)12-9-23-16(10-5-7-21-8-10)18(12)15(20)13-2-1-6-22-13/h1-2,5-8,11-12,16H,3-4,9H2,(H,17,19). The van der Waals surface area contributed by atoms with Crippen molar-refractivity contribution in [1.29, 1.82) is 0 Å². The SMILES string of the molecule is O=C(NC1CC1)C1CSC(c2ccoc2)N1C(=O)c1ccco1. The van der Waals surface area contributed by atoms with E-state index in [1.165, 1.54) is 6.26 Å². The van der Waals surface area contributed by atoms with Crippen molar-refractivity contribution in [2.24, 2.45) is 0 Å². The summed E-state index contributed by atoms with van der Waals surface area (Å²) in [6.45, 7) is 0. The van der Waals surface area contributed by atoms with Crippen LogP contribution in [0.15, 0.2) is 45.8 Å². The molecule has 2 atom stereocenters. The second-order valence-corrected chi connectivity index (χ2v) is 6.84. The van der Waals surface area contributed by atoms with Gasteiger partial charge in [-0.3, -0.25) is 9.59 Å². The largest absolute Gasteiger partial charge is 0.472 e. The molecule has 0 bridgehead atoms. The minimum absolute atomic E-state index is 0.0918. The molecule has 3 heterocycles. The summed E-state index contributed by atoms with van der Waals surface area (Å²) in [7, 11) is 0.